The fourth-order valence-corrected chi connectivity index (χ4v) is 5.37. The van der Waals surface area contributed by atoms with Gasteiger partial charge < -0.3 is 14.2 Å². The highest BCUT2D eigenvalue weighted by Crippen LogP contribution is 2.41. The van der Waals surface area contributed by atoms with Gasteiger partial charge in [-0.05, 0) is 43.2 Å². The molecule has 36 heavy (non-hydrogen) atoms. The van der Waals surface area contributed by atoms with Crippen molar-refractivity contribution in [3.63, 3.8) is 0 Å². The zero-order chi connectivity index (χ0) is 25.8. The molecule has 10 heteroatoms. The number of halogens is 3. The number of nitriles is 1. The third kappa shape index (κ3) is 3.88. The Balaban J connectivity index is 1.52. The summed E-state index contributed by atoms with van der Waals surface area (Å²) >= 11 is 0. The van der Waals surface area contributed by atoms with Gasteiger partial charge in [-0.3, -0.25) is 9.69 Å². The van der Waals surface area contributed by atoms with Gasteiger partial charge >= 0.3 is 6.18 Å². The molecule has 2 aliphatic heterocycles. The lowest BCUT2D eigenvalue weighted by Crippen LogP contribution is -2.62. The van der Waals surface area contributed by atoms with Crippen LogP contribution in [-0.4, -0.2) is 46.2 Å². The average molecular weight is 498 g/mol. The van der Waals surface area contributed by atoms with Crippen molar-refractivity contribution in [1.29, 1.82) is 5.26 Å². The molecule has 1 fully saturated rings. The third-order valence-electron chi connectivity index (χ3n) is 7.42. The van der Waals surface area contributed by atoms with Crippen molar-refractivity contribution < 1.29 is 17.9 Å². The summed E-state index contributed by atoms with van der Waals surface area (Å²) in [5.41, 5.74) is 1.94. The highest BCUT2D eigenvalue weighted by atomic mass is 19.4. The summed E-state index contributed by atoms with van der Waals surface area (Å²) in [5.74, 6) is 0.239. The van der Waals surface area contributed by atoms with E-state index < -0.39 is 11.7 Å². The first-order valence-corrected chi connectivity index (χ1v) is 11.9. The minimum atomic E-state index is -4.37. The van der Waals surface area contributed by atoms with Gasteiger partial charge in [-0.2, -0.15) is 18.4 Å². The summed E-state index contributed by atoms with van der Waals surface area (Å²) in [5, 5.41) is 9.41. The van der Waals surface area contributed by atoms with Crippen LogP contribution < -0.4 is 15.2 Å². The fourth-order valence-electron chi connectivity index (χ4n) is 5.37. The summed E-state index contributed by atoms with van der Waals surface area (Å²) in [6.45, 7) is 5.59. The lowest BCUT2D eigenvalue weighted by atomic mass is 9.96. The number of fused-ring (bicyclic) bond motifs is 5. The van der Waals surface area contributed by atoms with E-state index >= 15 is 0 Å². The zero-order valence-corrected chi connectivity index (χ0v) is 20.2. The summed E-state index contributed by atoms with van der Waals surface area (Å²) < 4.78 is 46.6. The Bertz CT molecular complexity index is 1410. The number of rotatable bonds is 3. The van der Waals surface area contributed by atoms with Crippen LogP contribution in [0.1, 0.15) is 43.1 Å². The lowest BCUT2D eigenvalue weighted by molar-refractivity contribution is -0.137. The van der Waals surface area contributed by atoms with Gasteiger partial charge in [0.1, 0.15) is 29.6 Å². The second kappa shape index (κ2) is 8.82. The molecule has 3 aromatic rings. The lowest BCUT2D eigenvalue weighted by Gasteiger charge is -2.51. The first-order chi connectivity index (χ1) is 17.1. The molecule has 0 amide bonds. The monoisotopic (exact) mass is 497 g/mol. The van der Waals surface area contributed by atoms with Crippen LogP contribution in [0, 0.1) is 11.3 Å². The number of alkyl halides is 3. The number of hydrogen-bond acceptors (Lipinski definition) is 6. The van der Waals surface area contributed by atoms with Crippen molar-refractivity contribution in [2.75, 3.05) is 24.6 Å². The summed E-state index contributed by atoms with van der Waals surface area (Å²) in [6.07, 6.45) is -3.56. The second-order valence-corrected chi connectivity index (χ2v) is 9.39. The normalized spacial score (nSPS) is 20.9. The average Bonchev–Trinajstić information content (AvgIpc) is 2.89. The summed E-state index contributed by atoms with van der Waals surface area (Å²) in [6, 6.07) is 10.6. The Morgan fingerprint density at radius 1 is 1.19 bits per heavy atom. The Morgan fingerprint density at radius 2 is 1.92 bits per heavy atom. The van der Waals surface area contributed by atoms with E-state index in [1.165, 1.54) is 4.57 Å². The number of benzene rings is 1. The quantitative estimate of drug-likeness (QED) is 0.539. The van der Waals surface area contributed by atoms with Crippen molar-refractivity contribution in [1.82, 2.24) is 14.5 Å². The smallest absolute Gasteiger partial charge is 0.416 e. The number of nitrogens with zero attached hydrogens (tertiary/aromatic N) is 5. The first kappa shape index (κ1) is 24.1. The molecule has 0 unspecified atom stereocenters. The van der Waals surface area contributed by atoms with Crippen molar-refractivity contribution in [3.05, 3.63) is 63.6 Å². The molecule has 1 aromatic carbocycles. The molecule has 188 valence electrons. The molecular weight excluding hydrogens is 471 g/mol. The fraction of sp³-hybridized carbons (Fsp3) is 0.423. The molecule has 5 rings (SSSR count). The maximum absolute atomic E-state index is 13.1. The Kier molecular flexibility index (Phi) is 5.91. The van der Waals surface area contributed by atoms with Gasteiger partial charge in [-0.15, -0.1) is 0 Å². The van der Waals surface area contributed by atoms with Crippen molar-refractivity contribution in [3.8, 4) is 11.8 Å². The molecule has 0 saturated carbocycles. The molecule has 0 spiro atoms. The standard InChI is InChI=1S/C26H26F3N5O2/c1-4-19-12-34-20(13-33(19)15(2)16-5-7-17(8-6-16)26(27,28)29)14-36-24-23(34)22-21(32(3)25(24)35)10-9-18(11-30)31-22/h5-10,15,19-20H,4,12-14H2,1-3H3/t15-,19-,20+/m1/s1. The van der Waals surface area contributed by atoms with Crippen LogP contribution >= 0.6 is 0 Å². The van der Waals surface area contributed by atoms with Crippen molar-refractivity contribution in [2.24, 2.45) is 7.05 Å². The van der Waals surface area contributed by atoms with E-state index in [1.807, 2.05) is 6.92 Å². The van der Waals surface area contributed by atoms with Crippen molar-refractivity contribution in [2.45, 2.75) is 44.6 Å². The highest BCUT2D eigenvalue weighted by Gasteiger charge is 2.41. The number of aromatic nitrogens is 2. The van der Waals surface area contributed by atoms with E-state index in [-0.39, 0.29) is 35.1 Å². The minimum Gasteiger partial charge on any atom is -0.484 e. The van der Waals surface area contributed by atoms with Gasteiger partial charge in [-0.1, -0.05) is 19.1 Å². The second-order valence-electron chi connectivity index (χ2n) is 9.39. The maximum atomic E-state index is 13.1. The van der Waals surface area contributed by atoms with Crippen LogP contribution in [0.25, 0.3) is 11.0 Å². The molecular formula is C26H26F3N5O2. The zero-order valence-electron chi connectivity index (χ0n) is 20.2. The largest absolute Gasteiger partial charge is 0.484 e. The highest BCUT2D eigenvalue weighted by molar-refractivity contribution is 5.93. The van der Waals surface area contributed by atoms with Crippen LogP contribution in [0.3, 0.4) is 0 Å². The number of ether oxygens (including phenoxy) is 1. The first-order valence-electron chi connectivity index (χ1n) is 11.9. The SMILES string of the molecule is CC[C@@H]1CN2c3c(c(=O)n(C)c4ccc(C#N)nc34)OC[C@@H]2CN1[C@H](C)c1ccc(C(F)(F)F)cc1. The van der Waals surface area contributed by atoms with Gasteiger partial charge in [0.25, 0.3) is 5.56 Å². The van der Waals surface area contributed by atoms with Crippen LogP contribution in [0.2, 0.25) is 0 Å². The van der Waals surface area contributed by atoms with E-state index in [0.29, 0.717) is 36.4 Å². The molecule has 1 saturated heterocycles. The van der Waals surface area contributed by atoms with Crippen LogP contribution in [0.15, 0.2) is 41.2 Å². The Hall–Kier alpha value is -3.58. The van der Waals surface area contributed by atoms with E-state index in [9.17, 15) is 23.2 Å². The molecule has 2 aliphatic rings. The van der Waals surface area contributed by atoms with E-state index in [4.69, 9.17) is 4.74 Å². The number of aryl methyl sites for hydroxylation is 1. The molecule has 0 radical (unpaired) electrons. The predicted octanol–water partition coefficient (Wildman–Crippen LogP) is 4.25. The van der Waals surface area contributed by atoms with Crippen LogP contribution in [0.4, 0.5) is 18.9 Å². The Labute approximate surface area is 206 Å². The minimum absolute atomic E-state index is 0.0833. The molecule has 0 N–H and O–H groups in total. The molecule has 0 bridgehead atoms. The molecule has 4 heterocycles. The van der Waals surface area contributed by atoms with Gasteiger partial charge in [0.15, 0.2) is 0 Å². The van der Waals surface area contributed by atoms with Crippen LogP contribution in [-0.2, 0) is 13.2 Å². The summed E-state index contributed by atoms with van der Waals surface area (Å²) in [4.78, 5) is 22.1. The topological polar surface area (TPSA) is 74.4 Å². The third-order valence-corrected chi connectivity index (χ3v) is 7.42. The predicted molar refractivity (Wildman–Crippen MR) is 129 cm³/mol. The van der Waals surface area contributed by atoms with E-state index in [2.05, 4.69) is 27.8 Å². The molecule has 2 aromatic heterocycles. The van der Waals surface area contributed by atoms with Gasteiger partial charge in [0.2, 0.25) is 5.75 Å². The Morgan fingerprint density at radius 3 is 2.56 bits per heavy atom. The van der Waals surface area contributed by atoms with Gasteiger partial charge in [-0.25, -0.2) is 4.98 Å². The van der Waals surface area contributed by atoms with E-state index in [0.717, 1.165) is 24.1 Å². The molecule has 7 nitrogen and oxygen atoms in total. The molecule has 0 aliphatic carbocycles. The van der Waals surface area contributed by atoms with E-state index in [1.54, 1.807) is 31.3 Å². The van der Waals surface area contributed by atoms with Crippen molar-refractivity contribution >= 4 is 16.7 Å². The van der Waals surface area contributed by atoms with Gasteiger partial charge in [0, 0.05) is 32.2 Å². The number of anilines is 1. The summed E-state index contributed by atoms with van der Waals surface area (Å²) in [7, 11) is 1.66. The number of piperazine rings is 1. The maximum Gasteiger partial charge on any atom is 0.416 e. The number of pyridine rings is 2. The number of hydrogen-bond donors (Lipinski definition) is 0. The van der Waals surface area contributed by atoms with Crippen LogP contribution in [0.5, 0.6) is 5.75 Å². The van der Waals surface area contributed by atoms with Gasteiger partial charge in [0.05, 0.1) is 17.1 Å². The molecule has 3 atom stereocenters.